The average molecular weight is 368 g/mol. The van der Waals surface area contributed by atoms with Gasteiger partial charge in [-0.25, -0.2) is 4.68 Å². The summed E-state index contributed by atoms with van der Waals surface area (Å²) in [5.41, 5.74) is 0.754. The summed E-state index contributed by atoms with van der Waals surface area (Å²) in [6.45, 7) is 2.44. The van der Waals surface area contributed by atoms with Gasteiger partial charge in [0.25, 0.3) is 11.5 Å². The summed E-state index contributed by atoms with van der Waals surface area (Å²) in [5.74, 6) is 0.258. The molecule has 1 aliphatic rings. The van der Waals surface area contributed by atoms with Gasteiger partial charge in [-0.1, -0.05) is 23.4 Å². The SMILES string of the molecule is Cc1cc(C[C@@H]2CN(C(=O)c3nn(C)c(=O)c4ccccc34)C[C@@H]2O)on1. The van der Waals surface area contributed by atoms with Crippen LogP contribution in [0.4, 0.5) is 0 Å². The molecule has 1 fully saturated rings. The van der Waals surface area contributed by atoms with E-state index in [2.05, 4.69) is 10.3 Å². The fourth-order valence-electron chi connectivity index (χ4n) is 3.60. The highest BCUT2D eigenvalue weighted by atomic mass is 16.5. The Kier molecular flexibility index (Phi) is 4.27. The topological polar surface area (TPSA) is 101 Å². The van der Waals surface area contributed by atoms with E-state index in [4.69, 9.17) is 4.52 Å². The van der Waals surface area contributed by atoms with Gasteiger partial charge in [0.15, 0.2) is 5.69 Å². The van der Waals surface area contributed by atoms with Crippen LogP contribution < -0.4 is 5.56 Å². The number of amides is 1. The molecule has 27 heavy (non-hydrogen) atoms. The van der Waals surface area contributed by atoms with Gasteiger partial charge in [0, 0.05) is 43.9 Å². The molecule has 1 aliphatic heterocycles. The Balaban J connectivity index is 1.61. The molecule has 2 aromatic heterocycles. The number of likely N-dealkylation sites (tertiary alicyclic amines) is 1. The summed E-state index contributed by atoms with van der Waals surface area (Å²) in [4.78, 5) is 26.9. The molecule has 0 radical (unpaired) electrons. The number of aliphatic hydroxyl groups is 1. The lowest BCUT2D eigenvalue weighted by Crippen LogP contribution is -2.33. The summed E-state index contributed by atoms with van der Waals surface area (Å²) in [5, 5.41) is 19.4. The van der Waals surface area contributed by atoms with E-state index in [1.807, 2.05) is 13.0 Å². The zero-order valence-electron chi connectivity index (χ0n) is 15.1. The first kappa shape index (κ1) is 17.4. The van der Waals surface area contributed by atoms with Crippen molar-refractivity contribution in [3.05, 3.63) is 57.8 Å². The summed E-state index contributed by atoms with van der Waals surface area (Å²) in [6.07, 6.45) is -0.147. The smallest absolute Gasteiger partial charge is 0.275 e. The highest BCUT2D eigenvalue weighted by Gasteiger charge is 2.36. The Labute approximate surface area is 155 Å². The molecule has 0 saturated carbocycles. The third-order valence-corrected chi connectivity index (χ3v) is 4.99. The van der Waals surface area contributed by atoms with Crippen molar-refractivity contribution in [2.45, 2.75) is 19.4 Å². The number of fused-ring (bicyclic) bond motifs is 1. The van der Waals surface area contributed by atoms with Crippen LogP contribution in [0.3, 0.4) is 0 Å². The molecule has 1 saturated heterocycles. The quantitative estimate of drug-likeness (QED) is 0.737. The molecule has 3 aromatic rings. The minimum Gasteiger partial charge on any atom is -0.391 e. The van der Waals surface area contributed by atoms with Gasteiger partial charge < -0.3 is 14.5 Å². The third kappa shape index (κ3) is 3.12. The number of nitrogens with zero attached hydrogens (tertiary/aromatic N) is 4. The lowest BCUT2D eigenvalue weighted by Gasteiger charge is -2.17. The first-order chi connectivity index (χ1) is 12.9. The molecule has 0 bridgehead atoms. The number of benzene rings is 1. The zero-order chi connectivity index (χ0) is 19.1. The molecule has 2 atom stereocenters. The highest BCUT2D eigenvalue weighted by molar-refractivity contribution is 6.04. The number of aryl methyl sites for hydroxylation is 2. The summed E-state index contributed by atoms with van der Waals surface area (Å²) in [6, 6.07) is 8.77. The molecule has 0 unspecified atom stereocenters. The number of rotatable bonds is 3. The molecular formula is C19H20N4O4. The second-order valence-corrected chi connectivity index (χ2v) is 7.00. The van der Waals surface area contributed by atoms with Crippen molar-refractivity contribution in [2.75, 3.05) is 13.1 Å². The fraction of sp³-hybridized carbons (Fsp3) is 0.368. The predicted octanol–water partition coefficient (Wildman–Crippen LogP) is 0.906. The van der Waals surface area contributed by atoms with E-state index in [1.165, 1.54) is 11.7 Å². The third-order valence-electron chi connectivity index (χ3n) is 4.99. The van der Waals surface area contributed by atoms with E-state index in [1.54, 1.807) is 29.2 Å². The fourth-order valence-corrected chi connectivity index (χ4v) is 3.60. The van der Waals surface area contributed by atoms with Crippen LogP contribution >= 0.6 is 0 Å². The summed E-state index contributed by atoms with van der Waals surface area (Å²) < 4.78 is 6.40. The minimum absolute atomic E-state index is 0.139. The molecule has 140 valence electrons. The van der Waals surface area contributed by atoms with Crippen LogP contribution in [-0.4, -0.2) is 50.0 Å². The van der Waals surface area contributed by atoms with Crippen LogP contribution in [0.5, 0.6) is 0 Å². The van der Waals surface area contributed by atoms with E-state index in [0.29, 0.717) is 29.5 Å². The maximum atomic E-state index is 13.1. The number of aliphatic hydroxyl groups excluding tert-OH is 1. The molecule has 0 aliphatic carbocycles. The van der Waals surface area contributed by atoms with Crippen molar-refractivity contribution in [1.29, 1.82) is 0 Å². The molecule has 1 amide bonds. The Morgan fingerprint density at radius 1 is 1.30 bits per heavy atom. The number of aromatic nitrogens is 3. The van der Waals surface area contributed by atoms with Crippen LogP contribution in [0, 0.1) is 12.8 Å². The number of hydrogen-bond acceptors (Lipinski definition) is 6. The molecule has 0 spiro atoms. The van der Waals surface area contributed by atoms with Gasteiger partial charge in [-0.15, -0.1) is 0 Å². The van der Waals surface area contributed by atoms with E-state index in [0.717, 1.165) is 5.69 Å². The largest absolute Gasteiger partial charge is 0.391 e. The lowest BCUT2D eigenvalue weighted by atomic mass is 10.0. The van der Waals surface area contributed by atoms with Crippen molar-refractivity contribution < 1.29 is 14.4 Å². The van der Waals surface area contributed by atoms with Crippen molar-refractivity contribution in [2.24, 2.45) is 13.0 Å². The van der Waals surface area contributed by atoms with Crippen LogP contribution in [0.1, 0.15) is 21.9 Å². The first-order valence-electron chi connectivity index (χ1n) is 8.79. The molecule has 8 heteroatoms. The molecule has 8 nitrogen and oxygen atoms in total. The van der Waals surface area contributed by atoms with Gasteiger partial charge in [0.2, 0.25) is 0 Å². The number of carbonyl (C=O) groups excluding carboxylic acids is 1. The average Bonchev–Trinajstić information content (AvgIpc) is 3.23. The monoisotopic (exact) mass is 368 g/mol. The Hall–Kier alpha value is -3.00. The van der Waals surface area contributed by atoms with E-state index in [9.17, 15) is 14.7 Å². The maximum absolute atomic E-state index is 13.1. The van der Waals surface area contributed by atoms with Crippen molar-refractivity contribution in [3.63, 3.8) is 0 Å². The predicted molar refractivity (Wildman–Crippen MR) is 97.3 cm³/mol. The van der Waals surface area contributed by atoms with Crippen molar-refractivity contribution in [1.82, 2.24) is 19.8 Å². The van der Waals surface area contributed by atoms with Gasteiger partial charge in [-0.3, -0.25) is 9.59 Å². The second-order valence-electron chi connectivity index (χ2n) is 7.00. The van der Waals surface area contributed by atoms with Crippen LogP contribution in [0.15, 0.2) is 39.6 Å². The minimum atomic E-state index is -0.654. The van der Waals surface area contributed by atoms with E-state index >= 15 is 0 Å². The van der Waals surface area contributed by atoms with Crippen LogP contribution in [-0.2, 0) is 13.5 Å². The van der Waals surface area contributed by atoms with Gasteiger partial charge >= 0.3 is 0 Å². The van der Waals surface area contributed by atoms with E-state index < -0.39 is 6.10 Å². The van der Waals surface area contributed by atoms with E-state index in [-0.39, 0.29) is 29.6 Å². The Morgan fingerprint density at radius 3 is 2.74 bits per heavy atom. The lowest BCUT2D eigenvalue weighted by molar-refractivity contribution is 0.0758. The van der Waals surface area contributed by atoms with Gasteiger partial charge in [0.05, 0.1) is 17.2 Å². The van der Waals surface area contributed by atoms with Crippen molar-refractivity contribution >= 4 is 16.7 Å². The Bertz CT molecular complexity index is 1070. The maximum Gasteiger partial charge on any atom is 0.275 e. The molecule has 3 heterocycles. The van der Waals surface area contributed by atoms with Gasteiger partial charge in [0.1, 0.15) is 5.76 Å². The Morgan fingerprint density at radius 2 is 2.04 bits per heavy atom. The van der Waals surface area contributed by atoms with Crippen molar-refractivity contribution in [3.8, 4) is 0 Å². The summed E-state index contributed by atoms with van der Waals surface area (Å²) in [7, 11) is 1.53. The normalized spacial score (nSPS) is 19.7. The number of carbonyl (C=O) groups is 1. The van der Waals surface area contributed by atoms with Gasteiger partial charge in [-0.05, 0) is 13.0 Å². The van der Waals surface area contributed by atoms with Crippen LogP contribution in [0.25, 0.3) is 10.8 Å². The highest BCUT2D eigenvalue weighted by Crippen LogP contribution is 2.24. The van der Waals surface area contributed by atoms with Crippen LogP contribution in [0.2, 0.25) is 0 Å². The molecular weight excluding hydrogens is 348 g/mol. The van der Waals surface area contributed by atoms with Gasteiger partial charge in [-0.2, -0.15) is 5.10 Å². The molecule has 1 aromatic carbocycles. The number of hydrogen-bond donors (Lipinski definition) is 1. The zero-order valence-corrected chi connectivity index (χ0v) is 15.1. The summed E-state index contributed by atoms with van der Waals surface area (Å²) >= 11 is 0. The molecule has 4 rings (SSSR count). The first-order valence-corrected chi connectivity index (χ1v) is 8.79. The standard InChI is InChI=1S/C19H20N4O4/c1-11-7-13(27-21-11)8-12-9-23(10-16(12)24)19(26)17-14-5-3-4-6-15(14)18(25)22(2)20-17/h3-7,12,16,24H,8-10H2,1-2H3/t12-,16+/m1/s1. The molecule has 1 N–H and O–H groups in total. The second kappa shape index (κ2) is 6.62. The number of β-amino-alcohol motifs (C(OH)–C–C–N with tert-alkyl or cyclic N) is 1.